The van der Waals surface area contributed by atoms with E-state index in [0.29, 0.717) is 13.0 Å². The van der Waals surface area contributed by atoms with Gasteiger partial charge in [-0.15, -0.1) is 11.3 Å². The van der Waals surface area contributed by atoms with Gasteiger partial charge in [0.1, 0.15) is 0 Å². The smallest absolute Gasteiger partial charge is 0.226 e. The number of carbonyl (C=O) groups excluding carboxylic acids is 1. The van der Waals surface area contributed by atoms with Crippen LogP contribution < -0.4 is 5.32 Å². The maximum absolute atomic E-state index is 12.2. The summed E-state index contributed by atoms with van der Waals surface area (Å²) in [6.45, 7) is 2.70. The Morgan fingerprint density at radius 2 is 2.29 bits per heavy atom. The van der Waals surface area contributed by atoms with Crippen molar-refractivity contribution in [2.24, 2.45) is 5.41 Å². The number of aromatic nitrogens is 2. The van der Waals surface area contributed by atoms with Crippen LogP contribution in [0.3, 0.4) is 0 Å². The molecule has 114 valence electrons. The molecule has 2 N–H and O–H groups in total. The van der Waals surface area contributed by atoms with Crippen molar-refractivity contribution in [2.45, 2.75) is 39.0 Å². The molecule has 1 aliphatic carbocycles. The number of fused-ring (bicyclic) bond motifs is 1. The fourth-order valence-electron chi connectivity index (χ4n) is 3.10. The monoisotopic (exact) mass is 307 g/mol. The van der Waals surface area contributed by atoms with Gasteiger partial charge in [-0.3, -0.25) is 9.20 Å². The highest BCUT2D eigenvalue weighted by Crippen LogP contribution is 2.36. The van der Waals surface area contributed by atoms with Crippen molar-refractivity contribution in [1.82, 2.24) is 14.7 Å². The van der Waals surface area contributed by atoms with Crippen LogP contribution in [0.15, 0.2) is 11.6 Å². The molecule has 2 aromatic rings. The maximum Gasteiger partial charge on any atom is 0.226 e. The van der Waals surface area contributed by atoms with Gasteiger partial charge in [0.05, 0.1) is 18.7 Å². The molecule has 5 nitrogen and oxygen atoms in total. The van der Waals surface area contributed by atoms with E-state index in [0.717, 1.165) is 42.0 Å². The first kappa shape index (κ1) is 14.5. The average molecular weight is 307 g/mol. The van der Waals surface area contributed by atoms with Crippen LogP contribution in [0.4, 0.5) is 0 Å². The summed E-state index contributed by atoms with van der Waals surface area (Å²) in [4.78, 5) is 17.5. The van der Waals surface area contributed by atoms with E-state index in [1.54, 1.807) is 11.3 Å². The molecule has 2 aromatic heterocycles. The largest absolute Gasteiger partial charge is 0.396 e. The Bertz CT molecular complexity index is 640. The summed E-state index contributed by atoms with van der Waals surface area (Å²) in [7, 11) is 0. The third-order valence-electron chi connectivity index (χ3n) is 4.41. The summed E-state index contributed by atoms with van der Waals surface area (Å²) in [5.74, 6) is 0.0146. The van der Waals surface area contributed by atoms with Gasteiger partial charge in [-0.2, -0.15) is 0 Å². The van der Waals surface area contributed by atoms with Crippen molar-refractivity contribution in [3.8, 4) is 0 Å². The van der Waals surface area contributed by atoms with Crippen LogP contribution in [0.25, 0.3) is 4.96 Å². The number of hydrogen-bond donors (Lipinski definition) is 2. The van der Waals surface area contributed by atoms with Gasteiger partial charge in [0.15, 0.2) is 4.96 Å². The zero-order valence-corrected chi connectivity index (χ0v) is 13.1. The van der Waals surface area contributed by atoms with E-state index in [-0.39, 0.29) is 17.9 Å². The van der Waals surface area contributed by atoms with Crippen molar-refractivity contribution in [1.29, 1.82) is 0 Å². The van der Waals surface area contributed by atoms with E-state index in [1.807, 2.05) is 22.9 Å². The van der Waals surface area contributed by atoms with Crippen LogP contribution >= 0.6 is 11.3 Å². The van der Waals surface area contributed by atoms with E-state index in [2.05, 4.69) is 10.3 Å². The van der Waals surface area contributed by atoms with Crippen LogP contribution in [0.1, 0.15) is 37.1 Å². The van der Waals surface area contributed by atoms with Crippen LogP contribution in [-0.2, 0) is 11.2 Å². The Kier molecular flexibility index (Phi) is 3.99. The minimum absolute atomic E-state index is 0.0146. The maximum atomic E-state index is 12.2. The zero-order chi connectivity index (χ0) is 14.9. The molecule has 0 spiro atoms. The summed E-state index contributed by atoms with van der Waals surface area (Å²) in [6, 6.07) is 0. The molecule has 0 aliphatic heterocycles. The Morgan fingerprint density at radius 1 is 1.52 bits per heavy atom. The van der Waals surface area contributed by atoms with E-state index >= 15 is 0 Å². The average Bonchev–Trinajstić information content (AvgIpc) is 3.15. The Hall–Kier alpha value is -1.40. The van der Waals surface area contributed by atoms with Gasteiger partial charge in [-0.25, -0.2) is 4.98 Å². The first-order valence-corrected chi connectivity index (χ1v) is 8.29. The Morgan fingerprint density at radius 3 is 3.00 bits per heavy atom. The number of rotatable bonds is 5. The number of thiazole rings is 1. The normalized spacial score (nSPS) is 17.4. The molecule has 0 bridgehead atoms. The first-order valence-electron chi connectivity index (χ1n) is 7.42. The van der Waals surface area contributed by atoms with Crippen molar-refractivity contribution in [3.63, 3.8) is 0 Å². The highest BCUT2D eigenvalue weighted by atomic mass is 32.1. The van der Waals surface area contributed by atoms with E-state index in [1.165, 1.54) is 0 Å². The molecule has 1 amide bonds. The minimum Gasteiger partial charge on any atom is -0.396 e. The lowest BCUT2D eigenvalue weighted by Gasteiger charge is -2.26. The van der Waals surface area contributed by atoms with Gasteiger partial charge in [-0.1, -0.05) is 12.8 Å². The summed E-state index contributed by atoms with van der Waals surface area (Å²) >= 11 is 1.56. The molecule has 1 fully saturated rings. The lowest BCUT2D eigenvalue weighted by Crippen LogP contribution is -2.39. The number of aliphatic hydroxyl groups is 1. The summed E-state index contributed by atoms with van der Waals surface area (Å²) in [5, 5.41) is 14.6. The molecule has 21 heavy (non-hydrogen) atoms. The molecule has 0 unspecified atom stereocenters. The third kappa shape index (κ3) is 2.96. The van der Waals surface area contributed by atoms with Gasteiger partial charge in [0.25, 0.3) is 0 Å². The number of amides is 1. The standard InChI is InChI=1S/C15H21N3O2S/c1-11-7-18-12(8-21-14(18)17-11)6-13(20)16-9-15(10-19)4-2-3-5-15/h7-8,19H,2-6,9-10H2,1H3,(H,16,20). The molecule has 0 radical (unpaired) electrons. The number of nitrogens with zero attached hydrogens (tertiary/aromatic N) is 2. The molecular formula is C15H21N3O2S. The summed E-state index contributed by atoms with van der Waals surface area (Å²) in [5.41, 5.74) is 1.84. The van der Waals surface area contributed by atoms with Gasteiger partial charge in [-0.05, 0) is 19.8 Å². The molecule has 2 heterocycles. The minimum atomic E-state index is -0.0920. The van der Waals surface area contributed by atoms with Crippen LogP contribution in [-0.4, -0.2) is 33.6 Å². The van der Waals surface area contributed by atoms with Crippen molar-refractivity contribution in [3.05, 3.63) is 23.0 Å². The number of nitrogens with one attached hydrogen (secondary N) is 1. The van der Waals surface area contributed by atoms with E-state index in [4.69, 9.17) is 0 Å². The van der Waals surface area contributed by atoms with Gasteiger partial charge < -0.3 is 10.4 Å². The fourth-order valence-corrected chi connectivity index (χ4v) is 4.02. The predicted octanol–water partition coefficient (Wildman–Crippen LogP) is 1.92. The molecule has 0 saturated heterocycles. The molecule has 3 rings (SSSR count). The highest BCUT2D eigenvalue weighted by molar-refractivity contribution is 7.15. The number of hydrogen-bond acceptors (Lipinski definition) is 4. The summed E-state index contributed by atoms with van der Waals surface area (Å²) < 4.78 is 1.98. The quantitative estimate of drug-likeness (QED) is 0.887. The van der Waals surface area contributed by atoms with E-state index in [9.17, 15) is 9.90 Å². The highest BCUT2D eigenvalue weighted by Gasteiger charge is 2.33. The number of aliphatic hydroxyl groups excluding tert-OH is 1. The molecule has 0 atom stereocenters. The Balaban J connectivity index is 1.61. The van der Waals surface area contributed by atoms with Gasteiger partial charge >= 0.3 is 0 Å². The van der Waals surface area contributed by atoms with E-state index < -0.39 is 0 Å². The number of aryl methyl sites for hydroxylation is 1. The van der Waals surface area contributed by atoms with Gasteiger partial charge in [0.2, 0.25) is 5.91 Å². The lowest BCUT2D eigenvalue weighted by molar-refractivity contribution is -0.121. The molecule has 1 aliphatic rings. The van der Waals surface area contributed by atoms with Crippen molar-refractivity contribution >= 4 is 22.2 Å². The second-order valence-corrected chi connectivity index (χ2v) is 6.92. The second kappa shape index (κ2) is 5.77. The summed E-state index contributed by atoms with van der Waals surface area (Å²) in [6.07, 6.45) is 6.63. The van der Waals surface area contributed by atoms with Crippen molar-refractivity contribution in [2.75, 3.05) is 13.2 Å². The zero-order valence-electron chi connectivity index (χ0n) is 12.3. The predicted molar refractivity (Wildman–Crippen MR) is 82.5 cm³/mol. The second-order valence-electron chi connectivity index (χ2n) is 6.08. The van der Waals surface area contributed by atoms with Gasteiger partial charge in [0, 0.05) is 29.2 Å². The van der Waals surface area contributed by atoms with Crippen LogP contribution in [0.2, 0.25) is 0 Å². The van der Waals surface area contributed by atoms with Crippen molar-refractivity contribution < 1.29 is 9.90 Å². The SMILES string of the molecule is Cc1cn2c(CC(=O)NCC3(CO)CCCC3)csc2n1. The van der Waals surface area contributed by atoms with Crippen LogP contribution in [0.5, 0.6) is 0 Å². The first-order chi connectivity index (χ1) is 10.1. The topological polar surface area (TPSA) is 66.6 Å². The third-order valence-corrected chi connectivity index (χ3v) is 5.29. The lowest BCUT2D eigenvalue weighted by atomic mass is 9.87. The fraction of sp³-hybridized carbons (Fsp3) is 0.600. The molecule has 1 saturated carbocycles. The molecule has 0 aromatic carbocycles. The Labute approximate surface area is 128 Å². The molecule has 6 heteroatoms. The van der Waals surface area contributed by atoms with Crippen LogP contribution in [0, 0.1) is 12.3 Å². The number of carbonyl (C=O) groups is 1. The molecular weight excluding hydrogens is 286 g/mol. The number of imidazole rings is 1.